The van der Waals surface area contributed by atoms with Gasteiger partial charge in [-0.3, -0.25) is 4.79 Å². The first-order valence-corrected chi connectivity index (χ1v) is 13.5. The van der Waals surface area contributed by atoms with E-state index in [0.717, 1.165) is 56.3 Å². The zero-order chi connectivity index (χ0) is 23.2. The number of rotatable bonds is 14. The number of ether oxygens (including phenoxy) is 2. The van der Waals surface area contributed by atoms with Gasteiger partial charge in [-0.1, -0.05) is 52.0 Å². The van der Waals surface area contributed by atoms with Crippen LogP contribution < -0.4 is 0 Å². The summed E-state index contributed by atoms with van der Waals surface area (Å²) in [5.41, 5.74) is 0.441. The van der Waals surface area contributed by atoms with Gasteiger partial charge in [0.05, 0.1) is 19.1 Å². The smallest absolute Gasteiger partial charge is 0.333 e. The van der Waals surface area contributed by atoms with Crippen molar-refractivity contribution in [2.45, 2.75) is 117 Å². The molecule has 0 unspecified atom stereocenters. The standard InChI is InChI=1S/C28H48O4.2H2/c1-4-5-8-11-23-12-14-24(15-13-23)25-16-18-26(19-17-25)28(30)32-21-10-7-6-9-20-31-27(29)22(2)3;;/h23-26H,2,4-21H2,1,3H3;2*1H. The minimum Gasteiger partial charge on any atom is -0.465 e. The van der Waals surface area contributed by atoms with E-state index in [9.17, 15) is 9.59 Å². The number of unbranched alkanes of at least 4 members (excludes halogenated alkanes) is 5. The maximum Gasteiger partial charge on any atom is 0.333 e. The van der Waals surface area contributed by atoms with Gasteiger partial charge in [0, 0.05) is 8.43 Å². The molecular formula is C28H52O4. The summed E-state index contributed by atoms with van der Waals surface area (Å²) >= 11 is 0. The molecule has 0 aromatic carbocycles. The Kier molecular flexibility index (Phi) is 13.0. The van der Waals surface area contributed by atoms with Gasteiger partial charge in [0.15, 0.2) is 0 Å². The van der Waals surface area contributed by atoms with Gasteiger partial charge in [-0.05, 0) is 88.9 Å². The quantitative estimate of drug-likeness (QED) is 0.153. The molecule has 0 atom stereocenters. The van der Waals surface area contributed by atoms with Gasteiger partial charge in [0.1, 0.15) is 0 Å². The molecule has 0 aliphatic heterocycles. The Morgan fingerprint density at radius 2 is 1.34 bits per heavy atom. The van der Waals surface area contributed by atoms with E-state index in [-0.39, 0.29) is 20.7 Å². The van der Waals surface area contributed by atoms with Crippen molar-refractivity contribution in [1.29, 1.82) is 0 Å². The third-order valence-corrected chi connectivity index (χ3v) is 7.74. The van der Waals surface area contributed by atoms with Crippen molar-refractivity contribution in [3.05, 3.63) is 12.2 Å². The van der Waals surface area contributed by atoms with E-state index in [1.807, 2.05) is 0 Å². The summed E-state index contributed by atoms with van der Waals surface area (Å²) in [7, 11) is 0. The Morgan fingerprint density at radius 1 is 0.781 bits per heavy atom. The van der Waals surface area contributed by atoms with Crippen molar-refractivity contribution in [2.24, 2.45) is 23.7 Å². The zero-order valence-electron chi connectivity index (χ0n) is 20.9. The molecule has 0 aromatic heterocycles. The number of esters is 2. The molecule has 0 bridgehead atoms. The zero-order valence-corrected chi connectivity index (χ0v) is 20.9. The van der Waals surface area contributed by atoms with Crippen LogP contribution in [0.4, 0.5) is 0 Å². The molecule has 2 aliphatic rings. The van der Waals surface area contributed by atoms with Crippen molar-refractivity contribution in [3.63, 3.8) is 0 Å². The lowest BCUT2D eigenvalue weighted by atomic mass is 9.68. The van der Waals surface area contributed by atoms with Crippen molar-refractivity contribution in [3.8, 4) is 0 Å². The maximum atomic E-state index is 12.4. The van der Waals surface area contributed by atoms with Gasteiger partial charge < -0.3 is 9.47 Å². The van der Waals surface area contributed by atoms with E-state index in [4.69, 9.17) is 9.47 Å². The first-order chi connectivity index (χ1) is 15.5. The Labute approximate surface area is 199 Å². The highest BCUT2D eigenvalue weighted by Gasteiger charge is 2.33. The maximum absolute atomic E-state index is 12.4. The monoisotopic (exact) mass is 452 g/mol. The van der Waals surface area contributed by atoms with E-state index in [1.54, 1.807) is 6.92 Å². The first-order valence-electron chi connectivity index (χ1n) is 13.5. The highest BCUT2D eigenvalue weighted by atomic mass is 16.5. The molecule has 0 N–H and O–H groups in total. The molecule has 2 fully saturated rings. The van der Waals surface area contributed by atoms with E-state index in [0.29, 0.717) is 18.8 Å². The minimum atomic E-state index is -0.316. The van der Waals surface area contributed by atoms with Crippen LogP contribution in [0.5, 0.6) is 0 Å². The van der Waals surface area contributed by atoms with Crippen LogP contribution in [0.15, 0.2) is 12.2 Å². The van der Waals surface area contributed by atoms with E-state index < -0.39 is 0 Å². The average molecular weight is 453 g/mol. The van der Waals surface area contributed by atoms with Crippen LogP contribution >= 0.6 is 0 Å². The van der Waals surface area contributed by atoms with Gasteiger partial charge in [0.2, 0.25) is 0 Å². The van der Waals surface area contributed by atoms with Crippen molar-refractivity contribution < 1.29 is 21.9 Å². The third-order valence-electron chi connectivity index (χ3n) is 7.74. The molecule has 0 spiro atoms. The molecule has 2 aliphatic carbocycles. The fourth-order valence-electron chi connectivity index (χ4n) is 5.59. The number of carbonyl (C=O) groups excluding carboxylic acids is 2. The fourth-order valence-corrected chi connectivity index (χ4v) is 5.59. The molecule has 0 amide bonds. The van der Waals surface area contributed by atoms with Crippen LogP contribution in [-0.4, -0.2) is 25.2 Å². The summed E-state index contributed by atoms with van der Waals surface area (Å²) in [5, 5.41) is 0. The number of carbonyl (C=O) groups is 2. The lowest BCUT2D eigenvalue weighted by molar-refractivity contribution is -0.150. The number of hydrogen-bond acceptors (Lipinski definition) is 4. The molecule has 0 aromatic rings. The van der Waals surface area contributed by atoms with Crippen molar-refractivity contribution >= 4 is 11.9 Å². The van der Waals surface area contributed by atoms with Crippen LogP contribution in [-0.2, 0) is 19.1 Å². The van der Waals surface area contributed by atoms with Crippen LogP contribution in [0.2, 0.25) is 0 Å². The van der Waals surface area contributed by atoms with Gasteiger partial charge in [-0.15, -0.1) is 0 Å². The highest BCUT2D eigenvalue weighted by Crippen LogP contribution is 2.42. The van der Waals surface area contributed by atoms with Crippen LogP contribution in [0.25, 0.3) is 0 Å². The molecule has 4 heteroatoms. The number of hydrogen-bond donors (Lipinski definition) is 0. The predicted molar refractivity (Wildman–Crippen MR) is 134 cm³/mol. The van der Waals surface area contributed by atoms with Crippen LogP contribution in [0.1, 0.15) is 119 Å². The normalized spacial score (nSPS) is 25.8. The van der Waals surface area contributed by atoms with Crippen molar-refractivity contribution in [2.75, 3.05) is 13.2 Å². The van der Waals surface area contributed by atoms with Crippen LogP contribution in [0, 0.1) is 23.7 Å². The molecular weight excluding hydrogens is 400 g/mol. The summed E-state index contributed by atoms with van der Waals surface area (Å²) in [6, 6.07) is 0. The largest absolute Gasteiger partial charge is 0.465 e. The van der Waals surface area contributed by atoms with E-state index in [1.165, 1.54) is 64.2 Å². The Balaban J connectivity index is 0.00000544. The van der Waals surface area contributed by atoms with Crippen molar-refractivity contribution in [1.82, 2.24) is 0 Å². The average Bonchev–Trinajstić information content (AvgIpc) is 2.81. The lowest BCUT2D eigenvalue weighted by Crippen LogP contribution is -2.29. The lowest BCUT2D eigenvalue weighted by Gasteiger charge is -2.37. The minimum absolute atomic E-state index is 0. The Morgan fingerprint density at radius 3 is 1.91 bits per heavy atom. The third kappa shape index (κ3) is 10.1. The highest BCUT2D eigenvalue weighted by molar-refractivity contribution is 5.86. The van der Waals surface area contributed by atoms with Gasteiger partial charge in [-0.25, -0.2) is 4.79 Å². The molecule has 188 valence electrons. The fraction of sp³-hybridized carbons (Fsp3) is 0.857. The molecule has 2 rings (SSSR count). The molecule has 2 saturated carbocycles. The second-order valence-electron chi connectivity index (χ2n) is 10.4. The molecule has 0 heterocycles. The molecule has 4 nitrogen and oxygen atoms in total. The molecule has 0 saturated heterocycles. The van der Waals surface area contributed by atoms with E-state index >= 15 is 0 Å². The molecule has 0 radical (unpaired) electrons. The summed E-state index contributed by atoms with van der Waals surface area (Å²) in [4.78, 5) is 23.7. The predicted octanol–water partition coefficient (Wildman–Crippen LogP) is 7.89. The van der Waals surface area contributed by atoms with Gasteiger partial charge in [-0.2, -0.15) is 0 Å². The second kappa shape index (κ2) is 15.5. The van der Waals surface area contributed by atoms with E-state index in [2.05, 4.69) is 13.5 Å². The summed E-state index contributed by atoms with van der Waals surface area (Å²) < 4.78 is 10.6. The second-order valence-corrected chi connectivity index (χ2v) is 10.4. The Bertz CT molecular complexity index is 565. The summed E-state index contributed by atoms with van der Waals surface area (Å²) in [6.45, 7) is 8.47. The Hall–Kier alpha value is -1.32. The van der Waals surface area contributed by atoms with Gasteiger partial charge in [0.25, 0.3) is 0 Å². The topological polar surface area (TPSA) is 52.6 Å². The molecule has 32 heavy (non-hydrogen) atoms. The summed E-state index contributed by atoms with van der Waals surface area (Å²) in [6.07, 6.45) is 19.5. The first kappa shape index (κ1) is 26.9. The van der Waals surface area contributed by atoms with Crippen LogP contribution in [0.3, 0.4) is 0 Å². The summed E-state index contributed by atoms with van der Waals surface area (Å²) in [5.74, 6) is 2.56. The van der Waals surface area contributed by atoms with Gasteiger partial charge >= 0.3 is 11.9 Å². The SMILES string of the molecule is C=C(C)C(=O)OCCCCCCOC(=O)C1CCC(C2CCC(CCCCC)CC2)CC1.[HH].[HH].